The van der Waals surface area contributed by atoms with E-state index in [4.69, 9.17) is 4.74 Å². The Morgan fingerprint density at radius 3 is 2.53 bits per heavy atom. The molecule has 1 heterocycles. The van der Waals surface area contributed by atoms with Crippen LogP contribution in [0.1, 0.15) is 11.1 Å². The van der Waals surface area contributed by atoms with E-state index >= 15 is 0 Å². The van der Waals surface area contributed by atoms with Crippen LogP contribution in [-0.2, 0) is 12.2 Å². The highest BCUT2D eigenvalue weighted by atomic mass is 16.6. The summed E-state index contributed by atoms with van der Waals surface area (Å²) in [6.45, 7) is 3.84. The van der Waals surface area contributed by atoms with E-state index in [1.54, 1.807) is 6.08 Å². The first kappa shape index (κ1) is 12.0. The third kappa shape index (κ3) is 1.94. The highest BCUT2D eigenvalue weighted by molar-refractivity contribution is 5.39. The van der Waals surface area contributed by atoms with Gasteiger partial charge in [0.05, 0.1) is 5.92 Å². The van der Waals surface area contributed by atoms with Crippen molar-refractivity contribution >= 4 is 0 Å². The number of hydrogen-bond donors (Lipinski definition) is 1. The average Bonchev–Trinajstić information content (AvgIpc) is 2.47. The molecule has 2 heteroatoms. The van der Waals surface area contributed by atoms with Gasteiger partial charge in [0.2, 0.25) is 5.79 Å². The topological polar surface area (TPSA) is 29.5 Å². The molecule has 0 spiro atoms. The minimum Gasteiger partial charge on any atom is -0.457 e. The molecule has 2 aromatic carbocycles. The maximum absolute atomic E-state index is 11.0. The van der Waals surface area contributed by atoms with Gasteiger partial charge < -0.3 is 9.84 Å². The standard InChI is InChI=1S/C17H16O2/c1-2-14-12-13-8-6-7-11-16(13)19-17(14,18)15-9-4-3-5-10-15/h2-11,14,18H,1,12H2. The molecule has 3 rings (SSSR count). The van der Waals surface area contributed by atoms with Crippen LogP contribution in [0.2, 0.25) is 0 Å². The van der Waals surface area contributed by atoms with Crippen LogP contribution in [0, 0.1) is 5.92 Å². The lowest BCUT2D eigenvalue weighted by Gasteiger charge is -2.39. The molecular weight excluding hydrogens is 236 g/mol. The molecule has 1 aliphatic rings. The van der Waals surface area contributed by atoms with Crippen LogP contribution in [-0.4, -0.2) is 5.11 Å². The van der Waals surface area contributed by atoms with Crippen molar-refractivity contribution in [1.29, 1.82) is 0 Å². The zero-order chi connectivity index (χ0) is 13.3. The normalized spacial score (nSPS) is 25.2. The lowest BCUT2D eigenvalue weighted by atomic mass is 9.84. The van der Waals surface area contributed by atoms with Gasteiger partial charge in [-0.3, -0.25) is 0 Å². The zero-order valence-electron chi connectivity index (χ0n) is 10.6. The molecule has 0 saturated heterocycles. The van der Waals surface area contributed by atoms with Crippen LogP contribution >= 0.6 is 0 Å². The summed E-state index contributed by atoms with van der Waals surface area (Å²) in [7, 11) is 0. The third-order valence-corrected chi connectivity index (χ3v) is 3.65. The molecule has 0 amide bonds. The maximum atomic E-state index is 11.0. The van der Waals surface area contributed by atoms with Crippen LogP contribution in [0.4, 0.5) is 0 Å². The number of fused-ring (bicyclic) bond motifs is 1. The van der Waals surface area contributed by atoms with Crippen molar-refractivity contribution in [2.75, 3.05) is 0 Å². The highest BCUT2D eigenvalue weighted by Gasteiger charge is 2.43. The molecule has 0 radical (unpaired) electrons. The summed E-state index contributed by atoms with van der Waals surface area (Å²) in [6, 6.07) is 17.3. The molecule has 0 aromatic heterocycles. The van der Waals surface area contributed by atoms with E-state index in [1.165, 1.54) is 0 Å². The molecule has 2 nitrogen and oxygen atoms in total. The molecule has 0 bridgehead atoms. The minimum atomic E-state index is -1.34. The molecule has 1 aliphatic heterocycles. The van der Waals surface area contributed by atoms with Gasteiger partial charge in [-0.1, -0.05) is 54.6 Å². The summed E-state index contributed by atoms with van der Waals surface area (Å²) < 4.78 is 5.89. The molecule has 0 fully saturated rings. The van der Waals surface area contributed by atoms with Crippen molar-refractivity contribution in [1.82, 2.24) is 0 Å². The fraction of sp³-hybridized carbons (Fsp3) is 0.176. The summed E-state index contributed by atoms with van der Waals surface area (Å²) in [6.07, 6.45) is 2.49. The molecule has 2 unspecified atom stereocenters. The Bertz CT molecular complexity index is 591. The number of para-hydroxylation sites is 1. The summed E-state index contributed by atoms with van der Waals surface area (Å²) in [5.74, 6) is -0.756. The Labute approximate surface area is 113 Å². The Morgan fingerprint density at radius 1 is 1.11 bits per heavy atom. The van der Waals surface area contributed by atoms with Crippen LogP contribution in [0.25, 0.3) is 0 Å². The second-order valence-electron chi connectivity index (χ2n) is 4.82. The minimum absolute atomic E-state index is 0.162. The number of ether oxygens (including phenoxy) is 1. The largest absolute Gasteiger partial charge is 0.457 e. The second kappa shape index (κ2) is 4.56. The van der Waals surface area contributed by atoms with Gasteiger partial charge in [-0.05, 0) is 18.1 Å². The van der Waals surface area contributed by atoms with E-state index in [1.807, 2.05) is 54.6 Å². The van der Waals surface area contributed by atoms with Gasteiger partial charge in [-0.25, -0.2) is 0 Å². The third-order valence-electron chi connectivity index (χ3n) is 3.65. The smallest absolute Gasteiger partial charge is 0.241 e. The summed E-state index contributed by atoms with van der Waals surface area (Å²) in [4.78, 5) is 0. The number of aliphatic hydroxyl groups is 1. The SMILES string of the molecule is C=CC1Cc2ccccc2OC1(O)c1ccccc1. The molecule has 0 aliphatic carbocycles. The molecule has 1 N–H and O–H groups in total. The van der Waals surface area contributed by atoms with Crippen LogP contribution in [0.3, 0.4) is 0 Å². The van der Waals surface area contributed by atoms with Gasteiger partial charge in [0.15, 0.2) is 0 Å². The van der Waals surface area contributed by atoms with Gasteiger partial charge in [0.25, 0.3) is 0 Å². The van der Waals surface area contributed by atoms with Crippen molar-refractivity contribution in [3.8, 4) is 5.75 Å². The van der Waals surface area contributed by atoms with Gasteiger partial charge in [-0.2, -0.15) is 0 Å². The number of rotatable bonds is 2. The zero-order valence-corrected chi connectivity index (χ0v) is 10.6. The van der Waals surface area contributed by atoms with Crippen LogP contribution in [0.5, 0.6) is 5.75 Å². The van der Waals surface area contributed by atoms with Crippen LogP contribution in [0.15, 0.2) is 67.3 Å². The van der Waals surface area contributed by atoms with Crippen molar-refractivity contribution in [2.45, 2.75) is 12.2 Å². The Morgan fingerprint density at radius 2 is 1.79 bits per heavy atom. The summed E-state index contributed by atoms with van der Waals surface area (Å²) in [5.41, 5.74) is 1.86. The van der Waals surface area contributed by atoms with Crippen molar-refractivity contribution < 1.29 is 9.84 Å². The van der Waals surface area contributed by atoms with Gasteiger partial charge in [-0.15, -0.1) is 6.58 Å². The summed E-state index contributed by atoms with van der Waals surface area (Å²) >= 11 is 0. The lowest BCUT2D eigenvalue weighted by Crippen LogP contribution is -2.44. The van der Waals surface area contributed by atoms with E-state index in [2.05, 4.69) is 6.58 Å². The van der Waals surface area contributed by atoms with Gasteiger partial charge in [0, 0.05) is 5.56 Å². The van der Waals surface area contributed by atoms with E-state index in [9.17, 15) is 5.11 Å². The molecular formula is C17H16O2. The maximum Gasteiger partial charge on any atom is 0.241 e. The van der Waals surface area contributed by atoms with E-state index < -0.39 is 5.79 Å². The molecule has 0 saturated carbocycles. The number of hydrogen-bond acceptors (Lipinski definition) is 2. The first-order chi connectivity index (χ1) is 9.24. The second-order valence-corrected chi connectivity index (χ2v) is 4.82. The molecule has 96 valence electrons. The van der Waals surface area contributed by atoms with Crippen molar-refractivity contribution in [3.63, 3.8) is 0 Å². The first-order valence-electron chi connectivity index (χ1n) is 6.41. The van der Waals surface area contributed by atoms with Crippen molar-refractivity contribution in [2.24, 2.45) is 5.92 Å². The Hall–Kier alpha value is -2.06. The van der Waals surface area contributed by atoms with E-state index in [0.29, 0.717) is 0 Å². The van der Waals surface area contributed by atoms with Crippen LogP contribution < -0.4 is 4.74 Å². The highest BCUT2D eigenvalue weighted by Crippen LogP contribution is 2.41. The molecule has 19 heavy (non-hydrogen) atoms. The number of benzene rings is 2. The van der Waals surface area contributed by atoms with Gasteiger partial charge in [0.1, 0.15) is 5.75 Å². The molecule has 2 aromatic rings. The first-order valence-corrected chi connectivity index (χ1v) is 6.41. The van der Waals surface area contributed by atoms with E-state index in [0.717, 1.165) is 23.3 Å². The fourth-order valence-corrected chi connectivity index (χ4v) is 2.58. The van der Waals surface area contributed by atoms with Gasteiger partial charge >= 0.3 is 0 Å². The monoisotopic (exact) mass is 252 g/mol. The molecule has 2 atom stereocenters. The predicted molar refractivity (Wildman–Crippen MR) is 74.8 cm³/mol. The Balaban J connectivity index is 2.08. The van der Waals surface area contributed by atoms with E-state index in [-0.39, 0.29) is 5.92 Å². The predicted octanol–water partition coefficient (Wildman–Crippen LogP) is 3.27. The van der Waals surface area contributed by atoms with Crippen molar-refractivity contribution in [3.05, 3.63) is 78.4 Å². The summed E-state index contributed by atoms with van der Waals surface area (Å²) in [5, 5.41) is 11.0. The fourth-order valence-electron chi connectivity index (χ4n) is 2.58. The average molecular weight is 252 g/mol. The Kier molecular flexibility index (Phi) is 2.88. The quantitative estimate of drug-likeness (QED) is 0.831. The lowest BCUT2D eigenvalue weighted by molar-refractivity contribution is -0.183.